The average Bonchev–Trinajstić information content (AvgIpc) is 2.69. The Morgan fingerprint density at radius 1 is 1.47 bits per heavy atom. The summed E-state index contributed by atoms with van der Waals surface area (Å²) in [4.78, 5) is 13.6. The molecule has 0 aliphatic heterocycles. The molecule has 0 aliphatic carbocycles. The highest BCUT2D eigenvalue weighted by molar-refractivity contribution is 7.07. The maximum atomic E-state index is 11.5. The zero-order chi connectivity index (χ0) is 12.8. The van der Waals surface area contributed by atoms with Crippen molar-refractivity contribution in [3.63, 3.8) is 0 Å². The van der Waals surface area contributed by atoms with Gasteiger partial charge in [-0.1, -0.05) is 0 Å². The number of nitrogens with two attached hydrogens (primary N) is 1. The van der Waals surface area contributed by atoms with Gasteiger partial charge in [-0.3, -0.25) is 4.79 Å². The van der Waals surface area contributed by atoms with E-state index in [0.717, 1.165) is 0 Å². The topological polar surface area (TPSA) is 58.4 Å². The van der Waals surface area contributed by atoms with Crippen LogP contribution < -0.4 is 11.1 Å². The second-order valence-electron chi connectivity index (χ2n) is 4.52. The first-order chi connectivity index (χ1) is 8.00. The summed E-state index contributed by atoms with van der Waals surface area (Å²) in [5.41, 5.74) is 6.82. The van der Waals surface area contributed by atoms with Crippen molar-refractivity contribution in [2.45, 2.75) is 25.4 Å². The first-order valence-electron chi connectivity index (χ1n) is 5.71. The van der Waals surface area contributed by atoms with Crippen molar-refractivity contribution in [3.8, 4) is 0 Å². The number of likely N-dealkylation sites (N-methyl/N-ethyl adjacent to an activating group) is 1. The highest BCUT2D eigenvalue weighted by atomic mass is 35.5. The summed E-state index contributed by atoms with van der Waals surface area (Å²) in [6.07, 6.45) is 0.379. The Kier molecular flexibility index (Phi) is 11.5. The number of carbonyl (C=O) groups excluding carboxylic acids is 1. The molecule has 1 aromatic heterocycles. The van der Waals surface area contributed by atoms with Crippen LogP contribution >= 0.6 is 36.2 Å². The lowest BCUT2D eigenvalue weighted by atomic mass is 10.1. The van der Waals surface area contributed by atoms with E-state index in [9.17, 15) is 4.79 Å². The first-order valence-corrected chi connectivity index (χ1v) is 6.65. The molecule has 7 heteroatoms. The first kappa shape index (κ1) is 21.0. The fourth-order valence-corrected chi connectivity index (χ4v) is 2.35. The molecular weight excluding hydrogens is 305 g/mol. The van der Waals surface area contributed by atoms with E-state index in [1.54, 1.807) is 11.3 Å². The van der Waals surface area contributed by atoms with E-state index in [1.807, 2.05) is 21.0 Å². The van der Waals surface area contributed by atoms with Gasteiger partial charge in [-0.2, -0.15) is 11.3 Å². The van der Waals surface area contributed by atoms with Gasteiger partial charge >= 0.3 is 0 Å². The van der Waals surface area contributed by atoms with Gasteiger partial charge in [0.05, 0.1) is 6.04 Å². The molecule has 2 unspecified atom stereocenters. The quantitative estimate of drug-likeness (QED) is 0.840. The van der Waals surface area contributed by atoms with Crippen LogP contribution in [0.5, 0.6) is 0 Å². The molecule has 0 spiro atoms. The minimum atomic E-state index is -0.0889. The number of rotatable bonds is 6. The van der Waals surface area contributed by atoms with Gasteiger partial charge in [0.25, 0.3) is 0 Å². The maximum Gasteiger partial charge on any atom is 0.221 e. The molecule has 112 valence electrons. The highest BCUT2D eigenvalue weighted by Gasteiger charge is 2.15. The molecule has 0 aromatic carbocycles. The van der Waals surface area contributed by atoms with Crippen molar-refractivity contribution >= 4 is 42.1 Å². The zero-order valence-electron chi connectivity index (χ0n) is 11.5. The van der Waals surface area contributed by atoms with Gasteiger partial charge < -0.3 is 16.0 Å². The molecule has 0 aliphatic rings. The van der Waals surface area contributed by atoms with E-state index in [-0.39, 0.29) is 42.8 Å². The predicted molar refractivity (Wildman–Crippen MR) is 86.5 cm³/mol. The molecule has 1 rings (SSSR count). The van der Waals surface area contributed by atoms with Crippen LogP contribution in [0.4, 0.5) is 0 Å². The van der Waals surface area contributed by atoms with E-state index in [4.69, 9.17) is 5.73 Å². The highest BCUT2D eigenvalue weighted by Crippen LogP contribution is 2.19. The minimum absolute atomic E-state index is 0. The second kappa shape index (κ2) is 10.5. The number of nitrogens with zero attached hydrogens (tertiary/aromatic N) is 1. The number of amides is 1. The summed E-state index contributed by atoms with van der Waals surface area (Å²) < 4.78 is 0. The lowest BCUT2D eigenvalue weighted by Gasteiger charge is -2.24. The fourth-order valence-electron chi connectivity index (χ4n) is 1.64. The number of thiophene rings is 1. The number of carbonyl (C=O) groups is 1. The van der Waals surface area contributed by atoms with Crippen LogP contribution in [0, 0.1) is 0 Å². The van der Waals surface area contributed by atoms with Crippen LogP contribution in [0.15, 0.2) is 16.8 Å². The molecule has 0 fully saturated rings. The number of halogens is 2. The van der Waals surface area contributed by atoms with Gasteiger partial charge in [0.1, 0.15) is 0 Å². The maximum absolute atomic E-state index is 11.5. The normalized spacial score (nSPS) is 13.1. The van der Waals surface area contributed by atoms with E-state index in [1.165, 1.54) is 5.56 Å². The van der Waals surface area contributed by atoms with Gasteiger partial charge in [-0.25, -0.2) is 0 Å². The summed E-state index contributed by atoms with van der Waals surface area (Å²) in [6, 6.07) is 2.22. The summed E-state index contributed by atoms with van der Waals surface area (Å²) in [7, 11) is 4.03. The summed E-state index contributed by atoms with van der Waals surface area (Å²) >= 11 is 1.67. The third-order valence-electron chi connectivity index (χ3n) is 2.55. The van der Waals surface area contributed by atoms with E-state index < -0.39 is 0 Å². The Bertz CT molecular complexity index is 345. The van der Waals surface area contributed by atoms with E-state index in [0.29, 0.717) is 13.0 Å². The third-order valence-corrected chi connectivity index (χ3v) is 3.25. The molecule has 1 heterocycles. The molecular formula is C12H23Cl2N3OS. The minimum Gasteiger partial charge on any atom is -0.354 e. The summed E-state index contributed by atoms with van der Waals surface area (Å²) in [6.45, 7) is 2.46. The Hall–Kier alpha value is -0.330. The van der Waals surface area contributed by atoms with Gasteiger partial charge in [0.2, 0.25) is 5.91 Å². The van der Waals surface area contributed by atoms with E-state index in [2.05, 4.69) is 27.0 Å². The van der Waals surface area contributed by atoms with Crippen molar-refractivity contribution in [1.29, 1.82) is 0 Å². The standard InChI is InChI=1S/C12H21N3OS.2ClH/c1-9(13)6-12(16)14-7-11(15(2)3)10-4-5-17-8-10;;/h4-5,8-9,11H,6-7,13H2,1-3H3,(H,14,16);2*1H. The molecule has 4 nitrogen and oxygen atoms in total. The second-order valence-corrected chi connectivity index (χ2v) is 5.30. The Labute approximate surface area is 131 Å². The van der Waals surface area contributed by atoms with Crippen LogP contribution in [0.3, 0.4) is 0 Å². The Morgan fingerprint density at radius 3 is 2.53 bits per heavy atom. The van der Waals surface area contributed by atoms with Gasteiger partial charge in [0, 0.05) is 19.0 Å². The monoisotopic (exact) mass is 327 g/mol. The molecule has 3 N–H and O–H groups in total. The smallest absolute Gasteiger partial charge is 0.221 e. The summed E-state index contributed by atoms with van der Waals surface area (Å²) in [5, 5.41) is 7.09. The lowest BCUT2D eigenvalue weighted by molar-refractivity contribution is -0.121. The Morgan fingerprint density at radius 2 is 2.11 bits per heavy atom. The van der Waals surface area contributed by atoms with Gasteiger partial charge in [0.15, 0.2) is 0 Å². The van der Waals surface area contributed by atoms with Crippen LogP contribution in [0.25, 0.3) is 0 Å². The van der Waals surface area contributed by atoms with Crippen LogP contribution in [0.2, 0.25) is 0 Å². The predicted octanol–water partition coefficient (Wildman–Crippen LogP) is 2.05. The third kappa shape index (κ3) is 7.74. The number of nitrogens with one attached hydrogen (secondary N) is 1. The molecule has 19 heavy (non-hydrogen) atoms. The van der Waals surface area contributed by atoms with Crippen LogP contribution in [-0.2, 0) is 4.79 Å². The Balaban J connectivity index is 0. The molecule has 1 aromatic rings. The molecule has 2 atom stereocenters. The number of hydrogen-bond acceptors (Lipinski definition) is 4. The van der Waals surface area contributed by atoms with Crippen molar-refractivity contribution in [3.05, 3.63) is 22.4 Å². The fraction of sp³-hybridized carbons (Fsp3) is 0.583. The molecule has 1 amide bonds. The van der Waals surface area contributed by atoms with Gasteiger partial charge in [-0.05, 0) is 43.4 Å². The molecule has 0 bridgehead atoms. The lowest BCUT2D eigenvalue weighted by Crippen LogP contribution is -2.36. The summed E-state index contributed by atoms with van der Waals surface area (Å²) in [5.74, 6) is 0.0158. The van der Waals surface area contributed by atoms with Crippen molar-refractivity contribution < 1.29 is 4.79 Å². The van der Waals surface area contributed by atoms with Crippen LogP contribution in [0.1, 0.15) is 24.9 Å². The SMILES string of the molecule is CC(N)CC(=O)NCC(c1ccsc1)N(C)C.Cl.Cl. The zero-order valence-corrected chi connectivity index (χ0v) is 13.9. The van der Waals surface area contributed by atoms with E-state index >= 15 is 0 Å². The van der Waals surface area contributed by atoms with Crippen molar-refractivity contribution in [1.82, 2.24) is 10.2 Å². The molecule has 0 radical (unpaired) electrons. The van der Waals surface area contributed by atoms with Crippen molar-refractivity contribution in [2.24, 2.45) is 5.73 Å². The largest absolute Gasteiger partial charge is 0.354 e. The number of hydrogen-bond donors (Lipinski definition) is 2. The van der Waals surface area contributed by atoms with Crippen molar-refractivity contribution in [2.75, 3.05) is 20.6 Å². The molecule has 0 saturated carbocycles. The van der Waals surface area contributed by atoms with Crippen LogP contribution in [-0.4, -0.2) is 37.5 Å². The van der Waals surface area contributed by atoms with Gasteiger partial charge in [-0.15, -0.1) is 24.8 Å². The molecule has 0 saturated heterocycles. The average molecular weight is 328 g/mol.